The summed E-state index contributed by atoms with van der Waals surface area (Å²) in [5.74, 6) is -5.77. The number of unbranched alkanes of at least 4 members (excludes halogenated alkanes) is 7. The molecule has 1 heterocycles. The van der Waals surface area contributed by atoms with Gasteiger partial charge in [-0.15, -0.1) is 0 Å². The van der Waals surface area contributed by atoms with Crippen LogP contribution >= 0.6 is 0 Å². The molecule has 1 rings (SSSR count). The molecule has 174 valence electrons. The van der Waals surface area contributed by atoms with Crippen molar-refractivity contribution in [3.63, 3.8) is 0 Å². The Morgan fingerprint density at radius 2 is 1.30 bits per heavy atom. The van der Waals surface area contributed by atoms with Crippen LogP contribution in [0.4, 0.5) is 22.0 Å². The first kappa shape index (κ1) is 26.2. The maximum Gasteiger partial charge on any atom is 0.453 e. The molecule has 0 aromatic carbocycles. The molecule has 4 nitrogen and oxygen atoms in total. The van der Waals surface area contributed by atoms with Crippen LogP contribution in [0.5, 0.6) is 0 Å². The minimum Gasteiger partial charge on any atom is -0.479 e. The van der Waals surface area contributed by atoms with Gasteiger partial charge >= 0.3 is 18.1 Å². The molecule has 1 aliphatic heterocycles. The monoisotopic (exact) mass is 441 g/mol. The quantitative estimate of drug-likeness (QED) is 0.220. The fourth-order valence-corrected chi connectivity index (χ4v) is 3.57. The molecule has 1 unspecified atom stereocenters. The Kier molecular flexibility index (Phi) is 10.6. The number of halogens is 5. The van der Waals surface area contributed by atoms with Crippen LogP contribution in [0, 0.1) is 0 Å². The first-order chi connectivity index (χ1) is 14.1. The van der Waals surface area contributed by atoms with Gasteiger partial charge < -0.3 is 14.7 Å². The Morgan fingerprint density at radius 3 is 1.80 bits per heavy atom. The van der Waals surface area contributed by atoms with E-state index in [0.29, 0.717) is 12.8 Å². The molecular weight excluding hydrogens is 409 g/mol. The molecule has 0 saturated carbocycles. The van der Waals surface area contributed by atoms with E-state index in [1.54, 1.807) is 0 Å². The van der Waals surface area contributed by atoms with Crippen molar-refractivity contribution in [2.45, 2.75) is 102 Å². The topological polar surface area (TPSA) is 49.8 Å². The number of carboxylic acids is 1. The second-order valence-electron chi connectivity index (χ2n) is 7.73. The number of ether oxygens (including phenoxy) is 1. The van der Waals surface area contributed by atoms with E-state index in [4.69, 9.17) is 4.74 Å². The van der Waals surface area contributed by atoms with Gasteiger partial charge in [-0.05, 0) is 19.3 Å². The van der Waals surface area contributed by atoms with Crippen LogP contribution in [0.2, 0.25) is 0 Å². The van der Waals surface area contributed by atoms with Gasteiger partial charge in [-0.1, -0.05) is 58.3 Å². The third kappa shape index (κ3) is 7.80. The molecule has 0 amide bonds. The zero-order chi connectivity index (χ0) is 22.7. The highest BCUT2D eigenvalue weighted by Gasteiger charge is 2.56. The molecule has 1 atom stereocenters. The molecule has 30 heavy (non-hydrogen) atoms. The van der Waals surface area contributed by atoms with Crippen molar-refractivity contribution in [3.8, 4) is 0 Å². The third-order valence-electron chi connectivity index (χ3n) is 5.43. The van der Waals surface area contributed by atoms with E-state index in [1.807, 2.05) is 0 Å². The van der Waals surface area contributed by atoms with E-state index >= 15 is 0 Å². The maximum absolute atomic E-state index is 13.0. The van der Waals surface area contributed by atoms with Gasteiger partial charge in [-0.25, -0.2) is 4.79 Å². The Bertz CT molecular complexity index is 565. The Balaban J connectivity index is 2.68. The molecule has 0 bridgehead atoms. The van der Waals surface area contributed by atoms with Crippen LogP contribution in [0.15, 0.2) is 24.9 Å². The van der Waals surface area contributed by atoms with Crippen LogP contribution in [0.1, 0.15) is 84.0 Å². The second kappa shape index (κ2) is 12.2. The van der Waals surface area contributed by atoms with Crippen molar-refractivity contribution >= 4 is 5.97 Å². The van der Waals surface area contributed by atoms with Crippen molar-refractivity contribution in [3.05, 3.63) is 24.9 Å². The largest absolute Gasteiger partial charge is 0.479 e. The van der Waals surface area contributed by atoms with Crippen molar-refractivity contribution in [1.82, 2.24) is 4.90 Å². The second-order valence-corrected chi connectivity index (χ2v) is 7.73. The lowest BCUT2D eigenvalue weighted by molar-refractivity contribution is -0.284. The first-order valence-electron chi connectivity index (χ1n) is 10.5. The third-order valence-corrected chi connectivity index (χ3v) is 5.43. The molecule has 0 radical (unpaired) electrons. The Hall–Kier alpha value is -1.80. The average Bonchev–Trinajstić information content (AvgIpc) is 2.68. The highest BCUT2D eigenvalue weighted by atomic mass is 19.4. The molecule has 9 heteroatoms. The fourth-order valence-electron chi connectivity index (χ4n) is 3.57. The van der Waals surface area contributed by atoms with E-state index < -0.39 is 30.0 Å². The number of rotatable bonds is 15. The molecule has 0 fully saturated rings. The summed E-state index contributed by atoms with van der Waals surface area (Å²) < 4.78 is 67.9. The van der Waals surface area contributed by atoms with Gasteiger partial charge in [-0.2, -0.15) is 22.0 Å². The number of hydrogen-bond donors (Lipinski definition) is 1. The molecule has 0 spiro atoms. The highest BCUT2D eigenvalue weighted by molar-refractivity contribution is 5.79. The molecule has 1 aliphatic rings. The van der Waals surface area contributed by atoms with E-state index in [0.717, 1.165) is 32.1 Å². The first-order valence-corrected chi connectivity index (χ1v) is 10.5. The van der Waals surface area contributed by atoms with Gasteiger partial charge in [0.1, 0.15) is 18.1 Å². The minimum absolute atomic E-state index is 0.0922. The lowest BCUT2D eigenvalue weighted by Crippen LogP contribution is -2.50. The minimum atomic E-state index is -5.56. The van der Waals surface area contributed by atoms with Gasteiger partial charge in [-0.3, -0.25) is 0 Å². The van der Waals surface area contributed by atoms with E-state index in [2.05, 4.69) is 6.92 Å². The summed E-state index contributed by atoms with van der Waals surface area (Å²) in [6, 6.07) is 0. The summed E-state index contributed by atoms with van der Waals surface area (Å²) in [6.45, 7) is 2.11. The average molecular weight is 441 g/mol. The van der Waals surface area contributed by atoms with Crippen LogP contribution in [-0.4, -0.2) is 33.6 Å². The fraction of sp³-hybridized carbons (Fsp3) is 0.762. The van der Waals surface area contributed by atoms with Gasteiger partial charge in [0.15, 0.2) is 0 Å². The summed E-state index contributed by atoms with van der Waals surface area (Å²) in [5.41, 5.74) is -1.28. The number of carbonyl (C=O) groups is 1. The number of aliphatic carboxylic acids is 1. The van der Waals surface area contributed by atoms with E-state index in [-0.39, 0.29) is 25.7 Å². The summed E-state index contributed by atoms with van der Waals surface area (Å²) in [7, 11) is 0. The Morgan fingerprint density at radius 1 is 0.833 bits per heavy atom. The lowest BCUT2D eigenvalue weighted by Gasteiger charge is -2.39. The molecule has 0 aliphatic carbocycles. The molecule has 0 saturated heterocycles. The van der Waals surface area contributed by atoms with Crippen LogP contribution in [0.3, 0.4) is 0 Å². The SMILES string of the molecule is CCCCCCCCC(CCCCCC(F)(F)C(F)(F)F)(C(=O)O)N1C=COC=C1. The number of alkyl halides is 5. The van der Waals surface area contributed by atoms with E-state index in [1.165, 1.54) is 29.8 Å². The van der Waals surface area contributed by atoms with Crippen LogP contribution < -0.4 is 0 Å². The summed E-state index contributed by atoms with van der Waals surface area (Å²) in [6.07, 6.45) is 5.24. The van der Waals surface area contributed by atoms with Crippen molar-refractivity contribution in [2.24, 2.45) is 0 Å². The van der Waals surface area contributed by atoms with Crippen molar-refractivity contribution < 1.29 is 36.6 Å². The lowest BCUT2D eigenvalue weighted by atomic mass is 9.84. The smallest absolute Gasteiger partial charge is 0.453 e. The predicted octanol–water partition coefficient (Wildman–Crippen LogP) is 6.98. The van der Waals surface area contributed by atoms with E-state index in [9.17, 15) is 31.9 Å². The Labute approximate surface area is 174 Å². The number of hydrogen-bond acceptors (Lipinski definition) is 3. The number of nitrogens with zero attached hydrogens (tertiary/aromatic N) is 1. The van der Waals surface area contributed by atoms with Crippen molar-refractivity contribution in [2.75, 3.05) is 0 Å². The molecule has 1 N–H and O–H groups in total. The highest BCUT2D eigenvalue weighted by Crippen LogP contribution is 2.39. The van der Waals surface area contributed by atoms with Gasteiger partial charge in [0.05, 0.1) is 0 Å². The van der Waals surface area contributed by atoms with Crippen LogP contribution in [0.25, 0.3) is 0 Å². The zero-order valence-corrected chi connectivity index (χ0v) is 17.4. The summed E-state index contributed by atoms with van der Waals surface area (Å²) >= 11 is 0. The summed E-state index contributed by atoms with van der Waals surface area (Å²) in [4.78, 5) is 13.8. The standard InChI is InChI=1S/C21H32F5NO3/c1-2-3-4-5-6-8-11-19(18(28)29,27-14-16-30-17-15-27)12-9-7-10-13-20(22,23)21(24,25)26/h14-17H,2-13H2,1H3,(H,28,29). The maximum atomic E-state index is 13.0. The molecular formula is C21H32F5NO3. The van der Waals surface area contributed by atoms with Gasteiger partial charge in [0, 0.05) is 18.8 Å². The van der Waals surface area contributed by atoms with Crippen molar-refractivity contribution in [1.29, 1.82) is 0 Å². The van der Waals surface area contributed by atoms with Gasteiger partial charge in [0.25, 0.3) is 0 Å². The molecule has 0 aromatic rings. The normalized spacial score (nSPS) is 16.4. The number of carboxylic acid groups (broad SMARTS) is 1. The van der Waals surface area contributed by atoms with Gasteiger partial charge in [0.2, 0.25) is 0 Å². The summed E-state index contributed by atoms with van der Waals surface area (Å²) in [5, 5.41) is 9.99. The molecule has 0 aromatic heterocycles. The zero-order valence-electron chi connectivity index (χ0n) is 17.4. The van der Waals surface area contributed by atoms with Crippen LogP contribution in [-0.2, 0) is 9.53 Å². The predicted molar refractivity (Wildman–Crippen MR) is 104 cm³/mol.